The fourth-order valence-corrected chi connectivity index (χ4v) is 2.78. The van der Waals surface area contributed by atoms with Gasteiger partial charge in [-0.3, -0.25) is 9.59 Å². The van der Waals surface area contributed by atoms with Crippen molar-refractivity contribution < 1.29 is 14.7 Å². The molecule has 0 spiro atoms. The van der Waals surface area contributed by atoms with Crippen LogP contribution in [-0.4, -0.2) is 35.5 Å². The van der Waals surface area contributed by atoms with Crippen LogP contribution in [0.1, 0.15) is 51.4 Å². The zero-order chi connectivity index (χ0) is 14.3. The molecule has 0 unspecified atom stereocenters. The number of hydrogen-bond acceptors (Lipinski definition) is 2. The van der Waals surface area contributed by atoms with E-state index in [-0.39, 0.29) is 5.91 Å². The molecule has 1 fully saturated rings. The number of amides is 1. The molecule has 0 atom stereocenters. The van der Waals surface area contributed by atoms with Crippen LogP contribution in [0.2, 0.25) is 0 Å². The lowest BCUT2D eigenvalue weighted by Crippen LogP contribution is -2.48. The van der Waals surface area contributed by atoms with Crippen molar-refractivity contribution in [2.24, 2.45) is 5.41 Å². The Bertz CT molecular complexity index is 332. The van der Waals surface area contributed by atoms with Crippen LogP contribution in [0, 0.1) is 5.41 Å². The second-order valence-corrected chi connectivity index (χ2v) is 5.46. The molecule has 4 heteroatoms. The molecule has 0 aromatic carbocycles. The molecule has 108 valence electrons. The third kappa shape index (κ3) is 3.82. The zero-order valence-corrected chi connectivity index (χ0v) is 11.9. The zero-order valence-electron chi connectivity index (χ0n) is 11.9. The number of unbranched alkanes of at least 4 members (excludes halogenated alkanes) is 2. The van der Waals surface area contributed by atoms with Crippen molar-refractivity contribution in [2.45, 2.75) is 51.4 Å². The molecule has 1 aliphatic carbocycles. The first-order valence-electron chi connectivity index (χ1n) is 7.14. The van der Waals surface area contributed by atoms with Gasteiger partial charge in [0.05, 0.1) is 0 Å². The van der Waals surface area contributed by atoms with Gasteiger partial charge >= 0.3 is 5.97 Å². The van der Waals surface area contributed by atoms with E-state index < -0.39 is 11.4 Å². The number of carboxylic acids is 1. The van der Waals surface area contributed by atoms with E-state index in [1.807, 2.05) is 6.08 Å². The van der Waals surface area contributed by atoms with Crippen LogP contribution in [-0.2, 0) is 9.59 Å². The van der Waals surface area contributed by atoms with E-state index >= 15 is 0 Å². The summed E-state index contributed by atoms with van der Waals surface area (Å²) >= 11 is 0. The van der Waals surface area contributed by atoms with Crippen molar-refractivity contribution in [1.29, 1.82) is 0 Å². The van der Waals surface area contributed by atoms with Gasteiger partial charge in [0, 0.05) is 13.6 Å². The Kier molecular flexibility index (Phi) is 6.06. The molecule has 0 heterocycles. The second-order valence-electron chi connectivity index (χ2n) is 5.46. The first-order chi connectivity index (χ1) is 9.04. The lowest BCUT2D eigenvalue weighted by atomic mass is 9.73. The largest absolute Gasteiger partial charge is 0.480 e. The number of allylic oxidation sites excluding steroid dienone is 1. The number of rotatable bonds is 7. The molecule has 1 N–H and O–H groups in total. The first-order valence-corrected chi connectivity index (χ1v) is 7.14. The van der Waals surface area contributed by atoms with E-state index in [0.29, 0.717) is 19.4 Å². The Morgan fingerprint density at radius 1 is 1.26 bits per heavy atom. The molecule has 1 aliphatic rings. The van der Waals surface area contributed by atoms with Crippen molar-refractivity contribution in [3.63, 3.8) is 0 Å². The average molecular weight is 267 g/mol. The van der Waals surface area contributed by atoms with E-state index in [4.69, 9.17) is 0 Å². The number of carbonyl (C=O) groups excluding carboxylic acids is 1. The van der Waals surface area contributed by atoms with Crippen molar-refractivity contribution in [3.05, 3.63) is 12.7 Å². The Hall–Kier alpha value is -1.32. The van der Waals surface area contributed by atoms with Gasteiger partial charge < -0.3 is 10.0 Å². The molecule has 1 saturated carbocycles. The van der Waals surface area contributed by atoms with Gasteiger partial charge in [0.1, 0.15) is 5.41 Å². The fraction of sp³-hybridized carbons (Fsp3) is 0.733. The summed E-state index contributed by atoms with van der Waals surface area (Å²) < 4.78 is 0. The monoisotopic (exact) mass is 267 g/mol. The minimum Gasteiger partial charge on any atom is -0.480 e. The summed E-state index contributed by atoms with van der Waals surface area (Å²) in [4.78, 5) is 25.6. The lowest BCUT2D eigenvalue weighted by Gasteiger charge is -2.35. The summed E-state index contributed by atoms with van der Waals surface area (Å²) in [5.41, 5.74) is -1.16. The molecular formula is C15H25NO3. The van der Waals surface area contributed by atoms with Crippen LogP contribution < -0.4 is 0 Å². The summed E-state index contributed by atoms with van der Waals surface area (Å²) in [5, 5.41) is 9.46. The normalized spacial score (nSPS) is 17.7. The second kappa shape index (κ2) is 7.31. The highest BCUT2D eigenvalue weighted by Crippen LogP contribution is 2.38. The molecule has 0 aromatic rings. The number of carboxylic acid groups (broad SMARTS) is 1. The fourth-order valence-electron chi connectivity index (χ4n) is 2.78. The summed E-state index contributed by atoms with van der Waals surface area (Å²) in [7, 11) is 1.72. The van der Waals surface area contributed by atoms with E-state index in [1.165, 1.54) is 0 Å². The molecular weight excluding hydrogens is 242 g/mol. The SMILES string of the molecule is C=CCCCCN(C)C(=O)C1(C(=O)O)CCCCC1. The average Bonchev–Trinajstić information content (AvgIpc) is 2.43. The van der Waals surface area contributed by atoms with Gasteiger partial charge in [-0.2, -0.15) is 0 Å². The number of nitrogens with zero attached hydrogens (tertiary/aromatic N) is 1. The van der Waals surface area contributed by atoms with Crippen LogP contribution >= 0.6 is 0 Å². The standard InChI is InChI=1S/C15H25NO3/c1-3-4-5-9-12-16(2)13(17)15(14(18)19)10-7-6-8-11-15/h3H,1,4-12H2,2H3,(H,18,19). The van der Waals surface area contributed by atoms with E-state index in [0.717, 1.165) is 38.5 Å². The number of hydrogen-bond donors (Lipinski definition) is 1. The van der Waals surface area contributed by atoms with Crippen LogP contribution in [0.4, 0.5) is 0 Å². The Balaban J connectivity index is 2.61. The molecule has 0 aliphatic heterocycles. The molecule has 1 amide bonds. The van der Waals surface area contributed by atoms with Crippen molar-refractivity contribution in [2.75, 3.05) is 13.6 Å². The molecule has 0 bridgehead atoms. The highest BCUT2D eigenvalue weighted by Gasteiger charge is 2.47. The predicted octanol–water partition coefficient (Wildman–Crippen LogP) is 2.84. The molecule has 1 rings (SSSR count). The highest BCUT2D eigenvalue weighted by atomic mass is 16.4. The van der Waals surface area contributed by atoms with Gasteiger partial charge in [-0.1, -0.05) is 25.3 Å². The smallest absolute Gasteiger partial charge is 0.319 e. The molecule has 0 radical (unpaired) electrons. The van der Waals surface area contributed by atoms with Gasteiger partial charge in [-0.25, -0.2) is 0 Å². The van der Waals surface area contributed by atoms with Gasteiger partial charge in [0.25, 0.3) is 0 Å². The molecule has 0 saturated heterocycles. The minimum atomic E-state index is -1.16. The predicted molar refractivity (Wildman–Crippen MR) is 74.8 cm³/mol. The number of carbonyl (C=O) groups is 2. The van der Waals surface area contributed by atoms with Crippen LogP contribution in [0.5, 0.6) is 0 Å². The third-order valence-corrected chi connectivity index (χ3v) is 4.02. The van der Waals surface area contributed by atoms with E-state index in [9.17, 15) is 14.7 Å². The Labute approximate surface area is 115 Å². The van der Waals surface area contributed by atoms with Crippen molar-refractivity contribution >= 4 is 11.9 Å². The van der Waals surface area contributed by atoms with Crippen molar-refractivity contribution in [3.8, 4) is 0 Å². The Morgan fingerprint density at radius 3 is 2.42 bits per heavy atom. The maximum absolute atomic E-state index is 12.5. The topological polar surface area (TPSA) is 57.6 Å². The minimum absolute atomic E-state index is 0.210. The maximum atomic E-state index is 12.5. The molecule has 0 aromatic heterocycles. The van der Waals surface area contributed by atoms with Crippen LogP contribution in [0.15, 0.2) is 12.7 Å². The summed E-state index contributed by atoms with van der Waals surface area (Å²) in [6.07, 6.45) is 8.35. The van der Waals surface area contributed by atoms with Gasteiger partial charge in [0.2, 0.25) is 5.91 Å². The quantitative estimate of drug-likeness (QED) is 0.438. The first kappa shape index (κ1) is 15.7. The van der Waals surface area contributed by atoms with Crippen molar-refractivity contribution in [1.82, 2.24) is 4.90 Å². The summed E-state index contributed by atoms with van der Waals surface area (Å²) in [6, 6.07) is 0. The van der Waals surface area contributed by atoms with Crippen LogP contribution in [0.25, 0.3) is 0 Å². The maximum Gasteiger partial charge on any atom is 0.319 e. The van der Waals surface area contributed by atoms with Crippen LogP contribution in [0.3, 0.4) is 0 Å². The number of aliphatic carboxylic acids is 1. The molecule has 4 nitrogen and oxygen atoms in total. The van der Waals surface area contributed by atoms with Gasteiger partial charge in [-0.05, 0) is 32.1 Å². The van der Waals surface area contributed by atoms with E-state index in [2.05, 4.69) is 6.58 Å². The Morgan fingerprint density at radius 2 is 1.89 bits per heavy atom. The van der Waals surface area contributed by atoms with Gasteiger partial charge in [-0.15, -0.1) is 6.58 Å². The highest BCUT2D eigenvalue weighted by molar-refractivity contribution is 6.01. The third-order valence-electron chi connectivity index (χ3n) is 4.02. The molecule has 19 heavy (non-hydrogen) atoms. The van der Waals surface area contributed by atoms with E-state index in [1.54, 1.807) is 11.9 Å². The summed E-state index contributed by atoms with van der Waals surface area (Å²) in [5.74, 6) is -1.16. The summed E-state index contributed by atoms with van der Waals surface area (Å²) in [6.45, 7) is 4.29. The lowest BCUT2D eigenvalue weighted by molar-refractivity contribution is -0.162. The van der Waals surface area contributed by atoms with Gasteiger partial charge in [0.15, 0.2) is 0 Å².